The van der Waals surface area contributed by atoms with Gasteiger partial charge in [0.25, 0.3) is 0 Å². The third-order valence-electron chi connectivity index (χ3n) is 2.71. The molecule has 1 amide bonds. The number of ether oxygens (including phenoxy) is 1. The predicted octanol–water partition coefficient (Wildman–Crippen LogP) is 1.48. The molecule has 1 aromatic rings. The van der Waals surface area contributed by atoms with Crippen molar-refractivity contribution in [1.82, 2.24) is 4.90 Å². The number of hydrogen-bond acceptors (Lipinski definition) is 3. The van der Waals surface area contributed by atoms with Crippen molar-refractivity contribution in [3.05, 3.63) is 42.0 Å². The van der Waals surface area contributed by atoms with Crippen LogP contribution in [-0.4, -0.2) is 31.0 Å². The van der Waals surface area contributed by atoms with E-state index >= 15 is 0 Å². The van der Waals surface area contributed by atoms with E-state index in [0.717, 1.165) is 16.9 Å². The summed E-state index contributed by atoms with van der Waals surface area (Å²) in [5.74, 6) is 0.766. The van der Waals surface area contributed by atoms with Crippen molar-refractivity contribution in [2.24, 2.45) is 5.73 Å². The van der Waals surface area contributed by atoms with Crippen molar-refractivity contribution in [1.29, 1.82) is 0 Å². The maximum Gasteiger partial charge on any atom is 0.236 e. The Labute approximate surface area is 108 Å². The Hall–Kier alpha value is -1.81. The summed E-state index contributed by atoms with van der Waals surface area (Å²) in [4.78, 5) is 13.3. The number of nitrogens with zero attached hydrogens (tertiary/aromatic N) is 1. The maximum absolute atomic E-state index is 11.6. The van der Waals surface area contributed by atoms with Crippen molar-refractivity contribution >= 4 is 5.91 Å². The van der Waals surface area contributed by atoms with Crippen molar-refractivity contribution in [3.63, 3.8) is 0 Å². The maximum atomic E-state index is 11.6. The van der Waals surface area contributed by atoms with Crippen molar-refractivity contribution in [2.45, 2.75) is 13.5 Å². The minimum Gasteiger partial charge on any atom is -0.496 e. The number of rotatable bonds is 6. The first-order valence-electron chi connectivity index (χ1n) is 5.84. The molecule has 0 spiro atoms. The average Bonchev–Trinajstić information content (AvgIpc) is 2.37. The summed E-state index contributed by atoms with van der Waals surface area (Å²) in [6.45, 7) is 6.68. The second-order valence-corrected chi connectivity index (χ2v) is 4.07. The van der Waals surface area contributed by atoms with Gasteiger partial charge in [0.05, 0.1) is 13.7 Å². The first-order valence-corrected chi connectivity index (χ1v) is 5.84. The van der Waals surface area contributed by atoms with Crippen LogP contribution in [0.1, 0.15) is 11.1 Å². The number of nitrogens with two attached hydrogens (primary N) is 1. The molecule has 0 saturated carbocycles. The molecule has 2 N–H and O–H groups in total. The standard InChI is InChI=1S/C14H20N2O2/c1-4-7-16(14(17)9-15)10-12-5-6-13(18-3)11(2)8-12/h4-6,8H,1,7,9-10,15H2,2-3H3. The summed E-state index contributed by atoms with van der Waals surface area (Å²) in [5.41, 5.74) is 7.49. The van der Waals surface area contributed by atoms with Gasteiger partial charge in [-0.25, -0.2) is 0 Å². The Kier molecular flexibility index (Phi) is 5.39. The number of carbonyl (C=O) groups is 1. The van der Waals surface area contributed by atoms with E-state index < -0.39 is 0 Å². The van der Waals surface area contributed by atoms with Crippen LogP contribution in [0.4, 0.5) is 0 Å². The van der Waals surface area contributed by atoms with E-state index in [2.05, 4.69) is 6.58 Å². The van der Waals surface area contributed by atoms with Crippen LogP contribution in [0.3, 0.4) is 0 Å². The molecule has 0 aromatic heterocycles. The van der Waals surface area contributed by atoms with E-state index in [4.69, 9.17) is 10.5 Å². The molecule has 4 heteroatoms. The van der Waals surface area contributed by atoms with Gasteiger partial charge >= 0.3 is 0 Å². The highest BCUT2D eigenvalue weighted by Gasteiger charge is 2.11. The average molecular weight is 248 g/mol. The lowest BCUT2D eigenvalue weighted by Gasteiger charge is -2.21. The van der Waals surface area contributed by atoms with Gasteiger partial charge in [-0.1, -0.05) is 18.2 Å². The van der Waals surface area contributed by atoms with Crippen LogP contribution in [0.5, 0.6) is 5.75 Å². The van der Waals surface area contributed by atoms with Gasteiger partial charge in [0, 0.05) is 13.1 Å². The summed E-state index contributed by atoms with van der Waals surface area (Å²) < 4.78 is 5.20. The van der Waals surface area contributed by atoms with E-state index in [0.29, 0.717) is 13.1 Å². The Morgan fingerprint density at radius 1 is 1.56 bits per heavy atom. The molecule has 4 nitrogen and oxygen atoms in total. The van der Waals surface area contributed by atoms with Crippen LogP contribution in [-0.2, 0) is 11.3 Å². The molecule has 1 rings (SSSR count). The smallest absolute Gasteiger partial charge is 0.236 e. The number of amides is 1. The Morgan fingerprint density at radius 3 is 2.78 bits per heavy atom. The lowest BCUT2D eigenvalue weighted by Crippen LogP contribution is -2.35. The minimum atomic E-state index is -0.0802. The number of methoxy groups -OCH3 is 1. The van der Waals surface area contributed by atoms with Crippen LogP contribution in [0.15, 0.2) is 30.9 Å². The summed E-state index contributed by atoms with van der Waals surface area (Å²) in [7, 11) is 1.64. The lowest BCUT2D eigenvalue weighted by atomic mass is 10.1. The van der Waals surface area contributed by atoms with Gasteiger partial charge in [0.15, 0.2) is 0 Å². The van der Waals surface area contributed by atoms with E-state index in [1.54, 1.807) is 18.1 Å². The molecule has 0 aliphatic rings. The van der Waals surface area contributed by atoms with E-state index in [1.807, 2.05) is 25.1 Å². The fourth-order valence-corrected chi connectivity index (χ4v) is 1.80. The molecule has 0 aliphatic heterocycles. The molecule has 0 fully saturated rings. The van der Waals surface area contributed by atoms with Crippen LogP contribution < -0.4 is 10.5 Å². The minimum absolute atomic E-state index is 0.0168. The molecule has 18 heavy (non-hydrogen) atoms. The zero-order valence-corrected chi connectivity index (χ0v) is 11.0. The zero-order chi connectivity index (χ0) is 13.5. The summed E-state index contributed by atoms with van der Waals surface area (Å²) in [6, 6.07) is 5.87. The van der Waals surface area contributed by atoms with Crippen molar-refractivity contribution in [3.8, 4) is 5.75 Å². The van der Waals surface area contributed by atoms with Gasteiger partial charge in [-0.05, 0) is 24.1 Å². The molecule has 0 radical (unpaired) electrons. The Balaban J connectivity index is 2.83. The van der Waals surface area contributed by atoms with Crippen molar-refractivity contribution < 1.29 is 9.53 Å². The van der Waals surface area contributed by atoms with Crippen LogP contribution in [0.2, 0.25) is 0 Å². The Bertz CT molecular complexity index is 430. The predicted molar refractivity (Wildman–Crippen MR) is 72.4 cm³/mol. The molecular weight excluding hydrogens is 228 g/mol. The highest BCUT2D eigenvalue weighted by atomic mass is 16.5. The topological polar surface area (TPSA) is 55.6 Å². The normalized spacial score (nSPS) is 9.94. The van der Waals surface area contributed by atoms with Gasteiger partial charge < -0.3 is 15.4 Å². The fourth-order valence-electron chi connectivity index (χ4n) is 1.80. The molecule has 0 aliphatic carbocycles. The highest BCUT2D eigenvalue weighted by Crippen LogP contribution is 2.19. The SMILES string of the molecule is C=CCN(Cc1ccc(OC)c(C)c1)C(=O)CN. The monoisotopic (exact) mass is 248 g/mol. The lowest BCUT2D eigenvalue weighted by molar-refractivity contribution is -0.129. The Morgan fingerprint density at radius 2 is 2.28 bits per heavy atom. The van der Waals surface area contributed by atoms with E-state index in [-0.39, 0.29) is 12.5 Å². The van der Waals surface area contributed by atoms with E-state index in [1.165, 1.54) is 0 Å². The molecule has 0 saturated heterocycles. The third kappa shape index (κ3) is 3.60. The van der Waals surface area contributed by atoms with E-state index in [9.17, 15) is 4.79 Å². The second-order valence-electron chi connectivity index (χ2n) is 4.07. The van der Waals surface area contributed by atoms with Crippen LogP contribution in [0, 0.1) is 6.92 Å². The molecule has 0 bridgehead atoms. The van der Waals surface area contributed by atoms with Gasteiger partial charge in [-0.3, -0.25) is 4.79 Å². The summed E-state index contributed by atoms with van der Waals surface area (Å²) in [6.07, 6.45) is 1.70. The first-order chi connectivity index (χ1) is 8.62. The largest absolute Gasteiger partial charge is 0.496 e. The fraction of sp³-hybridized carbons (Fsp3) is 0.357. The summed E-state index contributed by atoms with van der Waals surface area (Å²) >= 11 is 0. The molecule has 98 valence electrons. The molecule has 0 heterocycles. The van der Waals surface area contributed by atoms with Crippen molar-refractivity contribution in [2.75, 3.05) is 20.2 Å². The van der Waals surface area contributed by atoms with Crippen LogP contribution in [0.25, 0.3) is 0 Å². The van der Waals surface area contributed by atoms with Gasteiger partial charge in [-0.15, -0.1) is 6.58 Å². The quantitative estimate of drug-likeness (QED) is 0.776. The molecule has 0 atom stereocenters. The number of benzene rings is 1. The molecule has 1 aromatic carbocycles. The number of carbonyl (C=O) groups excluding carboxylic acids is 1. The number of aryl methyl sites for hydroxylation is 1. The zero-order valence-electron chi connectivity index (χ0n) is 11.0. The highest BCUT2D eigenvalue weighted by molar-refractivity contribution is 5.78. The summed E-state index contributed by atoms with van der Waals surface area (Å²) in [5, 5.41) is 0. The van der Waals surface area contributed by atoms with Crippen LogP contribution >= 0.6 is 0 Å². The third-order valence-corrected chi connectivity index (χ3v) is 2.71. The second kappa shape index (κ2) is 6.81. The van der Waals surface area contributed by atoms with Gasteiger partial charge in [0.2, 0.25) is 5.91 Å². The molecule has 0 unspecified atom stereocenters. The number of hydrogen-bond donors (Lipinski definition) is 1. The van der Waals surface area contributed by atoms with Gasteiger partial charge in [0.1, 0.15) is 5.75 Å². The van der Waals surface area contributed by atoms with Gasteiger partial charge in [-0.2, -0.15) is 0 Å². The first kappa shape index (κ1) is 14.3. The molecular formula is C14H20N2O2.